The van der Waals surface area contributed by atoms with Crippen molar-refractivity contribution in [2.45, 2.75) is 0 Å². The highest BCUT2D eigenvalue weighted by atomic mass is 16.3. The van der Waals surface area contributed by atoms with Gasteiger partial charge in [0.2, 0.25) is 0 Å². The van der Waals surface area contributed by atoms with Crippen LogP contribution in [0.15, 0.2) is 216 Å². The van der Waals surface area contributed by atoms with Crippen molar-refractivity contribution in [2.75, 3.05) is 4.90 Å². The summed E-state index contributed by atoms with van der Waals surface area (Å²) in [7, 11) is 0. The third-order valence-electron chi connectivity index (χ3n) is 7.94. The fraction of sp³-hybridized carbons (Fsp3) is 0. The normalized spacial score (nSPS) is 20.4. The number of nitrogens with zero attached hydrogens (tertiary/aromatic N) is 1. The lowest BCUT2D eigenvalue weighted by Crippen LogP contribution is -2.10. The number of hydrogen-bond acceptors (Lipinski definition) is 2. The van der Waals surface area contributed by atoms with Crippen molar-refractivity contribution in [2.24, 2.45) is 0 Å². The Kier molecular flexibility index (Phi) is 2.97. The number of benzene rings is 9. The van der Waals surface area contributed by atoms with E-state index in [9.17, 15) is 19.2 Å². The first kappa shape index (κ1) is 11.9. The van der Waals surface area contributed by atoms with E-state index in [1.165, 1.54) is 0 Å². The van der Waals surface area contributed by atoms with Gasteiger partial charge in [0.15, 0.2) is 0 Å². The summed E-state index contributed by atoms with van der Waals surface area (Å²) in [6, 6.07) is -38.7. The minimum Gasteiger partial charge on any atom is -0.455 e. The summed E-state index contributed by atoms with van der Waals surface area (Å²) in [5.74, 6) is 0. The minimum atomic E-state index is -1.41. The van der Waals surface area contributed by atoms with Crippen LogP contribution in [0.2, 0.25) is 0 Å². The highest BCUT2D eigenvalue weighted by molar-refractivity contribution is 6.17. The van der Waals surface area contributed by atoms with Crippen molar-refractivity contribution < 1.29 is 52.4 Å². The van der Waals surface area contributed by atoms with E-state index in [0.717, 1.165) is 0 Å². The van der Waals surface area contributed by atoms with Gasteiger partial charge < -0.3 is 9.32 Å². The molecule has 10 rings (SSSR count). The first-order valence-electron chi connectivity index (χ1n) is 33.1. The number of rotatable bonds is 7. The zero-order valence-electron chi connectivity index (χ0n) is 61.9. The average molecular weight is 725 g/mol. The van der Waals surface area contributed by atoms with Gasteiger partial charge in [-0.2, -0.15) is 0 Å². The smallest absolute Gasteiger partial charge is 0.145 e. The first-order chi connectivity index (χ1) is 41.4. The molecule has 0 aliphatic carbocycles. The highest BCUT2D eigenvalue weighted by Gasteiger charge is 2.22. The summed E-state index contributed by atoms with van der Waals surface area (Å²) in [5, 5.41) is -3.23. The molecule has 0 saturated carbocycles. The Hall–Kier alpha value is -7.16. The number of anilines is 3. The third-order valence-corrected chi connectivity index (χ3v) is 7.94. The molecule has 2 nitrogen and oxygen atoms in total. The van der Waals surface area contributed by atoms with Crippen molar-refractivity contribution in [3.8, 4) is 44.5 Å². The second-order valence-corrected chi connectivity index (χ2v) is 11.0. The van der Waals surface area contributed by atoms with Crippen LogP contribution in [0.5, 0.6) is 0 Å². The van der Waals surface area contributed by atoms with Gasteiger partial charge in [0.25, 0.3) is 0 Å². The zero-order valence-corrected chi connectivity index (χ0v) is 26.9. The summed E-state index contributed by atoms with van der Waals surface area (Å²) in [6.45, 7) is 0. The minimum absolute atomic E-state index is 0.305. The van der Waals surface area contributed by atoms with E-state index in [2.05, 4.69) is 0 Å². The van der Waals surface area contributed by atoms with Crippen LogP contribution in [0.1, 0.15) is 48.0 Å². The predicted octanol–water partition coefficient (Wildman–Crippen LogP) is 14.9. The summed E-state index contributed by atoms with van der Waals surface area (Å²) < 4.78 is 322. The van der Waals surface area contributed by atoms with E-state index in [1.54, 1.807) is 0 Å². The van der Waals surface area contributed by atoms with Gasteiger partial charge in [-0.25, -0.2) is 0 Å². The van der Waals surface area contributed by atoms with E-state index in [4.69, 9.17) is 33.2 Å². The molecule has 0 saturated heterocycles. The molecule has 2 heteroatoms. The number of fused-ring (bicyclic) bond motifs is 4. The average Bonchev–Trinajstić information content (AvgIpc) is 1.85. The maximum atomic E-state index is 10.1. The molecule has 10 aromatic rings. The molecule has 0 radical (unpaired) electrons. The van der Waals surface area contributed by atoms with Gasteiger partial charge in [-0.3, -0.25) is 0 Å². The van der Waals surface area contributed by atoms with E-state index in [1.807, 2.05) is 0 Å². The molecule has 1 aromatic heterocycles. The highest BCUT2D eigenvalue weighted by Crippen LogP contribution is 2.47. The second-order valence-electron chi connectivity index (χ2n) is 11.0. The molecule has 0 atom stereocenters. The Bertz CT molecular complexity index is 4850. The lowest BCUT2D eigenvalue weighted by atomic mass is 9.97. The van der Waals surface area contributed by atoms with Crippen LogP contribution in [0.25, 0.3) is 77.2 Å². The van der Waals surface area contributed by atoms with E-state index in [-0.39, 0.29) is 0 Å². The molecule has 254 valence electrons. The van der Waals surface area contributed by atoms with Crippen molar-refractivity contribution in [3.63, 3.8) is 0 Å². The van der Waals surface area contributed by atoms with E-state index in [0.29, 0.717) is 4.90 Å². The monoisotopic (exact) mass is 724 g/mol. The summed E-state index contributed by atoms with van der Waals surface area (Å²) in [4.78, 5) is 0.305. The maximum absolute atomic E-state index is 10.1. The largest absolute Gasteiger partial charge is 0.455 e. The SMILES string of the molecule is [2H]c1c([2H])c([2H])c(-c2c([2H])c([2H])c(-c3c([2H])c([2H])c(N(c4c([2H])c([2H])c([2H])c(-c5c([2H])c([2H])c([2H])c6c([2H])c([2H])c([2H])c([2H])c56)c4[2H])c4c([2H])c([2H])c(-c5c([2H])c([2H])c([2H])c([2H])c5[2H])c5oc6c([2H])c([2H])c([2H])c([2H])c6c45)c([2H])c3[2H])c([2H])c2[2H])c([2H])c1[2H]. The Morgan fingerprint density at radius 1 is 0.370 bits per heavy atom. The lowest BCUT2D eigenvalue weighted by Gasteiger charge is -2.27. The summed E-state index contributed by atoms with van der Waals surface area (Å²) in [6.07, 6.45) is 0. The maximum Gasteiger partial charge on any atom is 0.145 e. The Morgan fingerprint density at radius 2 is 0.926 bits per heavy atom. The van der Waals surface area contributed by atoms with Gasteiger partial charge in [-0.15, -0.1) is 0 Å². The van der Waals surface area contributed by atoms with Gasteiger partial charge in [-0.05, 0) is 92.0 Å². The second kappa shape index (κ2) is 13.4. The molecule has 0 aliphatic heterocycles. The number of para-hydroxylation sites is 1. The van der Waals surface area contributed by atoms with Gasteiger partial charge in [0, 0.05) is 22.3 Å². The Morgan fingerprint density at radius 3 is 1.67 bits per heavy atom. The molecule has 0 fully saturated rings. The molecule has 9 aromatic carbocycles. The topological polar surface area (TPSA) is 16.4 Å². The van der Waals surface area contributed by atoms with Gasteiger partial charge in [-0.1, -0.05) is 169 Å². The first-order valence-corrected chi connectivity index (χ1v) is 15.6. The Labute approximate surface area is 364 Å². The number of furan rings is 1. The van der Waals surface area contributed by atoms with Crippen LogP contribution in [0.3, 0.4) is 0 Å². The van der Waals surface area contributed by atoms with Crippen LogP contribution < -0.4 is 4.90 Å². The van der Waals surface area contributed by atoms with E-state index >= 15 is 0 Å². The van der Waals surface area contributed by atoms with E-state index < -0.39 is 306 Å². The number of hydrogen-bond donors (Lipinski definition) is 0. The lowest BCUT2D eigenvalue weighted by molar-refractivity contribution is 0.670. The fourth-order valence-corrected chi connectivity index (χ4v) is 5.57. The standard InChI is InChI=1S/C52H35NO/c1-3-13-36(14-4-1)37-25-27-38(28-26-37)39-29-31-43(32-30-39)53(44-20-11-19-42(35-44)46-23-12-18-40-17-7-8-21-45(40)46)49-34-33-47(41-15-5-2-6-16-41)52-51(49)48-22-9-10-24-50(48)54-52/h1-35H/i1D,2D,3D,4D,5D,6D,7D,8D,9D,10D,11D,12D,13D,14D,15D,16D,17D,18D,19D,20D,21D,22D,23D,24D,25D,26D,27D,28D,29D,30D,31D,32D,33D,34D,35D. The van der Waals surface area contributed by atoms with Crippen LogP contribution in [-0.4, -0.2) is 0 Å². The molecule has 0 aliphatic rings. The molecule has 0 amide bonds. The van der Waals surface area contributed by atoms with Crippen molar-refractivity contribution in [1.82, 2.24) is 0 Å². The van der Waals surface area contributed by atoms with Gasteiger partial charge in [0.1, 0.15) is 11.2 Å². The molecule has 1 heterocycles. The molecule has 0 unspecified atom stereocenters. The fourth-order valence-electron chi connectivity index (χ4n) is 5.57. The molecule has 54 heavy (non-hydrogen) atoms. The van der Waals surface area contributed by atoms with Gasteiger partial charge >= 0.3 is 0 Å². The quantitative estimate of drug-likeness (QED) is 0.163. The van der Waals surface area contributed by atoms with Gasteiger partial charge in [0.05, 0.1) is 59.1 Å². The predicted molar refractivity (Wildman–Crippen MR) is 228 cm³/mol. The molecular weight excluding hydrogens is 655 g/mol. The van der Waals surface area contributed by atoms with Crippen molar-refractivity contribution in [1.29, 1.82) is 0 Å². The molecule has 0 N–H and O–H groups in total. The third kappa shape index (κ3) is 5.62. The molecule has 0 bridgehead atoms. The van der Waals surface area contributed by atoms with Crippen molar-refractivity contribution in [3.05, 3.63) is 211 Å². The Balaban J connectivity index is 1.46. The summed E-state index contributed by atoms with van der Waals surface area (Å²) in [5.41, 5.74) is -13.0. The molecule has 0 spiro atoms. The molecular formula is C52H35NO. The van der Waals surface area contributed by atoms with Crippen LogP contribution >= 0.6 is 0 Å². The summed E-state index contributed by atoms with van der Waals surface area (Å²) >= 11 is 0. The van der Waals surface area contributed by atoms with Crippen LogP contribution in [0.4, 0.5) is 17.1 Å². The van der Waals surface area contributed by atoms with Crippen LogP contribution in [-0.2, 0) is 0 Å². The van der Waals surface area contributed by atoms with Crippen molar-refractivity contribution >= 4 is 49.8 Å². The van der Waals surface area contributed by atoms with Crippen LogP contribution in [0, 0.1) is 0 Å². The zero-order chi connectivity index (χ0) is 66.3.